The molecule has 5 nitrogen and oxygen atoms in total. The highest BCUT2D eigenvalue weighted by molar-refractivity contribution is 5.97. The molecule has 0 aliphatic heterocycles. The van der Waals surface area contributed by atoms with E-state index >= 15 is 0 Å². The molecule has 0 amide bonds. The lowest BCUT2D eigenvalue weighted by atomic mass is 9.90. The molecule has 3 aromatic rings. The Morgan fingerprint density at radius 1 is 1.16 bits per heavy atom. The van der Waals surface area contributed by atoms with Crippen molar-refractivity contribution in [2.45, 2.75) is 19.7 Å². The van der Waals surface area contributed by atoms with Gasteiger partial charge in [-0.3, -0.25) is 0 Å². The number of hydrogen-bond acceptors (Lipinski definition) is 3. The minimum Gasteiger partial charge on any atom is -0.478 e. The number of nitrogens with one attached hydrogen (secondary N) is 1. The van der Waals surface area contributed by atoms with Crippen molar-refractivity contribution in [1.29, 1.82) is 0 Å². The highest BCUT2D eigenvalue weighted by atomic mass is 19.4. The molecule has 0 radical (unpaired) electrons. The molecule has 0 saturated heterocycles. The second-order valence-electron chi connectivity index (χ2n) is 6.54. The third kappa shape index (κ3) is 5.85. The van der Waals surface area contributed by atoms with E-state index in [2.05, 4.69) is 14.7 Å². The number of carbonyl (C=O) groups is 1. The Labute approximate surface area is 176 Å². The van der Waals surface area contributed by atoms with E-state index in [1.807, 2.05) is 19.1 Å². The maximum absolute atomic E-state index is 12.7. The van der Waals surface area contributed by atoms with Gasteiger partial charge in [-0.25, -0.2) is 9.78 Å². The Bertz CT molecular complexity index is 1100. The molecule has 0 unspecified atom stereocenters. The van der Waals surface area contributed by atoms with Gasteiger partial charge in [0.25, 0.3) is 0 Å². The van der Waals surface area contributed by atoms with Crippen molar-refractivity contribution < 1.29 is 27.8 Å². The van der Waals surface area contributed by atoms with Crippen LogP contribution in [0.4, 0.5) is 13.2 Å². The highest BCUT2D eigenvalue weighted by Gasteiger charge is 2.31. The summed E-state index contributed by atoms with van der Waals surface area (Å²) in [5.74, 6) is -1.34. The fourth-order valence-corrected chi connectivity index (χ4v) is 3.22. The number of benzene rings is 2. The van der Waals surface area contributed by atoms with Gasteiger partial charge in [0.2, 0.25) is 0 Å². The molecule has 2 N–H and O–H groups in total. The Kier molecular flexibility index (Phi) is 6.59. The lowest BCUT2D eigenvalue weighted by molar-refractivity contribution is -0.274. The number of allylic oxidation sites excluding steroid dienone is 1. The third-order valence-corrected chi connectivity index (χ3v) is 4.46. The van der Waals surface area contributed by atoms with Crippen molar-refractivity contribution >= 4 is 23.2 Å². The molecule has 0 atom stereocenters. The normalized spacial score (nSPS) is 12.6. The monoisotopic (exact) mass is 428 g/mol. The third-order valence-electron chi connectivity index (χ3n) is 4.46. The topological polar surface area (TPSA) is 75.2 Å². The predicted molar refractivity (Wildman–Crippen MR) is 111 cm³/mol. The number of rotatable bonds is 7. The summed E-state index contributed by atoms with van der Waals surface area (Å²) in [5.41, 5.74) is 4.37. The molecule has 0 aliphatic rings. The van der Waals surface area contributed by atoms with E-state index in [0.29, 0.717) is 23.2 Å². The van der Waals surface area contributed by atoms with Gasteiger partial charge < -0.3 is 14.8 Å². The van der Waals surface area contributed by atoms with Crippen molar-refractivity contribution in [2.24, 2.45) is 0 Å². The van der Waals surface area contributed by atoms with Crippen LogP contribution in [0.3, 0.4) is 0 Å². The Hall–Kier alpha value is -3.81. The summed E-state index contributed by atoms with van der Waals surface area (Å²) in [4.78, 5) is 17.8. The molecule has 1 aromatic heterocycles. The molecule has 0 saturated carbocycles. The largest absolute Gasteiger partial charge is 0.573 e. The molecule has 2 aromatic carbocycles. The van der Waals surface area contributed by atoms with Crippen LogP contribution in [-0.4, -0.2) is 27.4 Å². The van der Waals surface area contributed by atoms with Gasteiger partial charge in [-0.15, -0.1) is 13.2 Å². The summed E-state index contributed by atoms with van der Waals surface area (Å²) in [5, 5.41) is 8.78. The van der Waals surface area contributed by atoms with Crippen LogP contribution in [0.1, 0.15) is 35.7 Å². The number of ether oxygens (including phenoxy) is 1. The van der Waals surface area contributed by atoms with Crippen LogP contribution in [0, 0.1) is 0 Å². The molecule has 0 aliphatic carbocycles. The quantitative estimate of drug-likeness (QED) is 0.370. The van der Waals surface area contributed by atoms with E-state index in [4.69, 9.17) is 5.11 Å². The van der Waals surface area contributed by atoms with Crippen molar-refractivity contribution in [1.82, 2.24) is 9.97 Å². The summed E-state index contributed by atoms with van der Waals surface area (Å²) in [7, 11) is 0. The van der Waals surface area contributed by atoms with E-state index in [1.165, 1.54) is 30.6 Å². The van der Waals surface area contributed by atoms with E-state index < -0.39 is 12.3 Å². The summed E-state index contributed by atoms with van der Waals surface area (Å²) < 4.78 is 42.1. The number of imidazole rings is 1. The number of nitrogens with zero attached hydrogens (tertiary/aromatic N) is 1. The number of aliphatic carboxylic acids is 1. The summed E-state index contributed by atoms with van der Waals surface area (Å²) in [6.07, 6.45) is 1.44. The first-order valence-corrected chi connectivity index (χ1v) is 9.36. The minimum absolute atomic E-state index is 0.297. The van der Waals surface area contributed by atoms with E-state index in [1.54, 1.807) is 24.4 Å². The number of hydrogen-bond donors (Lipinski definition) is 2. The van der Waals surface area contributed by atoms with Crippen LogP contribution in [0.25, 0.3) is 17.2 Å². The number of aromatic amines is 1. The molecular weight excluding hydrogens is 409 g/mol. The number of halogens is 3. The van der Waals surface area contributed by atoms with Crippen LogP contribution in [0.2, 0.25) is 0 Å². The molecule has 1 heterocycles. The van der Waals surface area contributed by atoms with Crippen molar-refractivity contribution in [2.75, 3.05) is 0 Å². The summed E-state index contributed by atoms with van der Waals surface area (Å²) in [6.45, 7) is 1.91. The average Bonchev–Trinajstić information content (AvgIpc) is 3.24. The molecule has 31 heavy (non-hydrogen) atoms. The van der Waals surface area contributed by atoms with E-state index in [9.17, 15) is 18.0 Å². The number of alkyl halides is 3. The zero-order valence-corrected chi connectivity index (χ0v) is 16.5. The Balaban J connectivity index is 2.11. The first-order valence-electron chi connectivity index (χ1n) is 9.36. The summed E-state index contributed by atoms with van der Waals surface area (Å²) in [6, 6.07) is 13.0. The average molecular weight is 428 g/mol. The minimum atomic E-state index is -4.78. The predicted octanol–water partition coefficient (Wildman–Crippen LogP) is 5.78. The first kappa shape index (κ1) is 21.9. The second-order valence-corrected chi connectivity index (χ2v) is 6.54. The van der Waals surface area contributed by atoms with Crippen LogP contribution in [0.5, 0.6) is 5.75 Å². The Morgan fingerprint density at radius 3 is 2.48 bits per heavy atom. The van der Waals surface area contributed by atoms with Crippen LogP contribution in [-0.2, 0) is 4.79 Å². The molecule has 0 bridgehead atoms. The lowest BCUT2D eigenvalue weighted by Gasteiger charge is -2.16. The van der Waals surface area contributed by atoms with Gasteiger partial charge in [0, 0.05) is 11.6 Å². The molecule has 8 heteroatoms. The van der Waals surface area contributed by atoms with Gasteiger partial charge in [0.05, 0.1) is 18.2 Å². The van der Waals surface area contributed by atoms with Gasteiger partial charge >= 0.3 is 12.3 Å². The van der Waals surface area contributed by atoms with Gasteiger partial charge in [0.1, 0.15) is 5.75 Å². The highest BCUT2D eigenvalue weighted by Crippen LogP contribution is 2.35. The smallest absolute Gasteiger partial charge is 0.478 e. The molecule has 160 valence electrons. The van der Waals surface area contributed by atoms with Gasteiger partial charge in [0.15, 0.2) is 0 Å². The van der Waals surface area contributed by atoms with Crippen molar-refractivity contribution in [3.05, 3.63) is 89.5 Å². The van der Waals surface area contributed by atoms with Crippen LogP contribution < -0.4 is 4.74 Å². The number of H-pyrrole nitrogens is 1. The molecular formula is C23H19F3N2O3. The summed E-state index contributed by atoms with van der Waals surface area (Å²) >= 11 is 0. The number of aromatic nitrogens is 2. The Morgan fingerprint density at radius 2 is 1.90 bits per heavy atom. The first-order chi connectivity index (χ1) is 14.8. The van der Waals surface area contributed by atoms with Gasteiger partial charge in [-0.2, -0.15) is 0 Å². The molecule has 0 spiro atoms. The standard InChI is InChI=1S/C23H19F3N2O3/c1-2-19(17-4-3-5-18(12-17)31-23(24,25)26)22(20-13-27-14-28-20)16-9-6-15(7-10-16)8-11-21(29)30/h3-14H,2H2,1H3,(H,27,28)(H,29,30)/b11-8+,22-19+. The zero-order valence-electron chi connectivity index (χ0n) is 16.5. The molecule has 3 rings (SSSR count). The number of carboxylic acid groups (broad SMARTS) is 1. The van der Waals surface area contributed by atoms with Crippen LogP contribution in [0.15, 0.2) is 67.1 Å². The maximum atomic E-state index is 12.7. The van der Waals surface area contributed by atoms with Gasteiger partial charge in [-0.05, 0) is 46.9 Å². The van der Waals surface area contributed by atoms with E-state index in [-0.39, 0.29) is 5.75 Å². The zero-order chi connectivity index (χ0) is 22.4. The van der Waals surface area contributed by atoms with Crippen LogP contribution >= 0.6 is 0 Å². The fourth-order valence-electron chi connectivity index (χ4n) is 3.22. The van der Waals surface area contributed by atoms with Crippen molar-refractivity contribution in [3.63, 3.8) is 0 Å². The fraction of sp³-hybridized carbons (Fsp3) is 0.130. The van der Waals surface area contributed by atoms with Gasteiger partial charge in [-0.1, -0.05) is 43.3 Å². The van der Waals surface area contributed by atoms with E-state index in [0.717, 1.165) is 22.8 Å². The number of carboxylic acids is 1. The SMILES string of the molecule is CC/C(=C(/c1ccc(/C=C/C(=O)O)cc1)c1cnc[nH]1)c1cccc(OC(F)(F)F)c1. The lowest BCUT2D eigenvalue weighted by Crippen LogP contribution is -2.17. The maximum Gasteiger partial charge on any atom is 0.573 e. The van der Waals surface area contributed by atoms with Crippen molar-refractivity contribution in [3.8, 4) is 5.75 Å². The second kappa shape index (κ2) is 9.34. The molecule has 0 fully saturated rings.